The number of aliphatic imine (C=N–C) groups is 1. The van der Waals surface area contributed by atoms with E-state index in [4.69, 9.17) is 4.74 Å². The summed E-state index contributed by atoms with van der Waals surface area (Å²) in [4.78, 5) is 10.5. The predicted molar refractivity (Wildman–Crippen MR) is 101 cm³/mol. The van der Waals surface area contributed by atoms with E-state index in [9.17, 15) is 0 Å². The molecule has 1 N–H and O–H groups in total. The lowest BCUT2D eigenvalue weighted by Gasteiger charge is -2.22. The van der Waals surface area contributed by atoms with E-state index in [1.807, 2.05) is 38.4 Å². The number of methoxy groups -OCH3 is 1. The summed E-state index contributed by atoms with van der Waals surface area (Å²) in [5.41, 5.74) is 1.19. The minimum absolute atomic E-state index is 0. The Morgan fingerprint density at radius 1 is 1.35 bits per heavy atom. The maximum absolute atomic E-state index is 5.17. The van der Waals surface area contributed by atoms with Crippen molar-refractivity contribution in [3.63, 3.8) is 0 Å². The van der Waals surface area contributed by atoms with Gasteiger partial charge in [-0.05, 0) is 17.7 Å². The molecule has 0 unspecified atom stereocenters. The molecule has 0 aliphatic rings. The zero-order valence-corrected chi connectivity index (χ0v) is 16.2. The summed E-state index contributed by atoms with van der Waals surface area (Å²) in [5, 5.41) is 7.33. The van der Waals surface area contributed by atoms with Crippen molar-refractivity contribution >= 4 is 29.9 Å². The maximum atomic E-state index is 5.17. The smallest absolute Gasteiger partial charge is 0.194 e. The number of benzene rings is 1. The molecule has 2 aromatic rings. The van der Waals surface area contributed by atoms with E-state index in [2.05, 4.69) is 25.3 Å². The van der Waals surface area contributed by atoms with E-state index < -0.39 is 0 Å². The molecule has 8 heteroatoms. The molecule has 0 bridgehead atoms. The Morgan fingerprint density at radius 2 is 2.04 bits per heavy atom. The summed E-state index contributed by atoms with van der Waals surface area (Å²) in [6.07, 6.45) is 1.54. The van der Waals surface area contributed by atoms with Gasteiger partial charge in [0.05, 0.1) is 13.7 Å². The third kappa shape index (κ3) is 5.38. The van der Waals surface area contributed by atoms with Crippen molar-refractivity contribution < 1.29 is 4.74 Å². The van der Waals surface area contributed by atoms with Crippen LogP contribution in [0.3, 0.4) is 0 Å². The first kappa shape index (κ1) is 19.2. The van der Waals surface area contributed by atoms with Crippen LogP contribution in [0.25, 0.3) is 0 Å². The molecule has 0 saturated carbocycles. The molecule has 0 spiro atoms. The van der Waals surface area contributed by atoms with Crippen molar-refractivity contribution in [2.24, 2.45) is 12.0 Å². The van der Waals surface area contributed by atoms with E-state index in [0.717, 1.165) is 24.1 Å². The SMILES string of the molecule is CN=C(NCc1ncnn1C)N(C)Cc1ccc(OC)cc1.I. The zero-order valence-electron chi connectivity index (χ0n) is 13.9. The van der Waals surface area contributed by atoms with Gasteiger partial charge >= 0.3 is 0 Å². The van der Waals surface area contributed by atoms with Crippen LogP contribution in [0.1, 0.15) is 11.4 Å². The van der Waals surface area contributed by atoms with Gasteiger partial charge in [0.15, 0.2) is 5.96 Å². The molecule has 0 aliphatic heterocycles. The van der Waals surface area contributed by atoms with Gasteiger partial charge in [-0.2, -0.15) is 5.10 Å². The van der Waals surface area contributed by atoms with Crippen molar-refractivity contribution in [3.05, 3.63) is 42.0 Å². The minimum Gasteiger partial charge on any atom is -0.497 e. The Kier molecular flexibility index (Phi) is 7.79. The van der Waals surface area contributed by atoms with Gasteiger partial charge in [-0.3, -0.25) is 9.67 Å². The summed E-state index contributed by atoms with van der Waals surface area (Å²) in [6, 6.07) is 8.01. The minimum atomic E-state index is 0. The zero-order chi connectivity index (χ0) is 15.9. The van der Waals surface area contributed by atoms with Crippen molar-refractivity contribution in [2.45, 2.75) is 13.1 Å². The Morgan fingerprint density at radius 3 is 2.57 bits per heavy atom. The highest BCUT2D eigenvalue weighted by Crippen LogP contribution is 2.12. The number of rotatable bonds is 5. The monoisotopic (exact) mass is 430 g/mol. The second kappa shape index (κ2) is 9.33. The number of hydrogen-bond donors (Lipinski definition) is 1. The number of nitrogens with zero attached hydrogens (tertiary/aromatic N) is 5. The second-order valence-electron chi connectivity index (χ2n) is 4.90. The van der Waals surface area contributed by atoms with Gasteiger partial charge in [0, 0.05) is 27.7 Å². The van der Waals surface area contributed by atoms with Crippen LogP contribution >= 0.6 is 24.0 Å². The van der Waals surface area contributed by atoms with Crippen LogP contribution in [0.5, 0.6) is 5.75 Å². The summed E-state index contributed by atoms with van der Waals surface area (Å²) in [5.74, 6) is 2.52. The molecule has 126 valence electrons. The van der Waals surface area contributed by atoms with Crippen molar-refractivity contribution in [1.82, 2.24) is 25.0 Å². The Hall–Kier alpha value is -1.84. The number of ether oxygens (including phenoxy) is 1. The van der Waals surface area contributed by atoms with Gasteiger partial charge in [-0.25, -0.2) is 4.98 Å². The molecular formula is C15H23IN6O. The first-order chi connectivity index (χ1) is 10.6. The van der Waals surface area contributed by atoms with Crippen LogP contribution in [0.4, 0.5) is 0 Å². The standard InChI is InChI=1S/C15H22N6O.HI/c1-16-15(17-9-14-18-11-19-21(14)3)20(2)10-12-5-7-13(22-4)8-6-12;/h5-8,11H,9-10H2,1-4H3,(H,16,17);1H. The van der Waals surface area contributed by atoms with Crippen LogP contribution in [0.15, 0.2) is 35.6 Å². The largest absolute Gasteiger partial charge is 0.497 e. The normalized spacial score (nSPS) is 10.9. The van der Waals surface area contributed by atoms with Crippen molar-refractivity contribution in [2.75, 3.05) is 21.2 Å². The molecule has 1 heterocycles. The third-order valence-corrected chi connectivity index (χ3v) is 3.36. The average molecular weight is 430 g/mol. The van der Waals surface area contributed by atoms with E-state index in [0.29, 0.717) is 6.54 Å². The van der Waals surface area contributed by atoms with E-state index in [1.54, 1.807) is 25.2 Å². The van der Waals surface area contributed by atoms with Gasteiger partial charge in [0.2, 0.25) is 0 Å². The third-order valence-electron chi connectivity index (χ3n) is 3.36. The summed E-state index contributed by atoms with van der Waals surface area (Å²) in [6.45, 7) is 1.33. The highest BCUT2D eigenvalue weighted by molar-refractivity contribution is 14.0. The van der Waals surface area contributed by atoms with Gasteiger partial charge < -0.3 is 15.0 Å². The van der Waals surface area contributed by atoms with Crippen LogP contribution in [-0.4, -0.2) is 46.8 Å². The molecule has 1 aromatic carbocycles. The lowest BCUT2D eigenvalue weighted by molar-refractivity contribution is 0.414. The molecule has 1 aromatic heterocycles. The second-order valence-corrected chi connectivity index (χ2v) is 4.90. The van der Waals surface area contributed by atoms with Gasteiger partial charge in [-0.15, -0.1) is 24.0 Å². The highest BCUT2D eigenvalue weighted by Gasteiger charge is 2.08. The molecule has 23 heavy (non-hydrogen) atoms. The number of guanidine groups is 1. The molecule has 0 amide bonds. The average Bonchev–Trinajstić information content (AvgIpc) is 2.94. The molecular weight excluding hydrogens is 407 g/mol. The Balaban J connectivity index is 0.00000264. The van der Waals surface area contributed by atoms with Gasteiger partial charge in [-0.1, -0.05) is 12.1 Å². The van der Waals surface area contributed by atoms with E-state index in [-0.39, 0.29) is 24.0 Å². The van der Waals surface area contributed by atoms with Crippen molar-refractivity contribution in [3.8, 4) is 5.75 Å². The van der Waals surface area contributed by atoms with E-state index in [1.165, 1.54) is 5.56 Å². The molecule has 0 saturated heterocycles. The first-order valence-corrected chi connectivity index (χ1v) is 7.01. The summed E-state index contributed by atoms with van der Waals surface area (Å²) >= 11 is 0. The Labute approximate surface area is 153 Å². The fourth-order valence-corrected chi connectivity index (χ4v) is 2.10. The lowest BCUT2D eigenvalue weighted by atomic mass is 10.2. The van der Waals surface area contributed by atoms with Gasteiger partial charge in [0.25, 0.3) is 0 Å². The van der Waals surface area contributed by atoms with Gasteiger partial charge in [0.1, 0.15) is 17.9 Å². The number of nitrogens with one attached hydrogen (secondary N) is 1. The number of aromatic nitrogens is 3. The number of hydrogen-bond acceptors (Lipinski definition) is 4. The molecule has 0 atom stereocenters. The number of aryl methyl sites for hydroxylation is 1. The van der Waals surface area contributed by atoms with Crippen molar-refractivity contribution in [1.29, 1.82) is 0 Å². The Bertz CT molecular complexity index is 625. The highest BCUT2D eigenvalue weighted by atomic mass is 127. The summed E-state index contributed by atoms with van der Waals surface area (Å²) < 4.78 is 6.91. The van der Waals surface area contributed by atoms with Crippen LogP contribution in [-0.2, 0) is 20.1 Å². The molecule has 7 nitrogen and oxygen atoms in total. The lowest BCUT2D eigenvalue weighted by Crippen LogP contribution is -2.38. The molecule has 0 aliphatic carbocycles. The molecule has 0 fully saturated rings. The van der Waals surface area contributed by atoms with Crippen LogP contribution in [0, 0.1) is 0 Å². The quantitative estimate of drug-likeness (QED) is 0.444. The fourth-order valence-electron chi connectivity index (χ4n) is 2.10. The fraction of sp³-hybridized carbons (Fsp3) is 0.400. The van der Waals surface area contributed by atoms with Crippen LogP contribution < -0.4 is 10.1 Å². The molecule has 2 rings (SSSR count). The molecule has 0 radical (unpaired) electrons. The topological polar surface area (TPSA) is 67.6 Å². The van der Waals surface area contributed by atoms with E-state index >= 15 is 0 Å². The maximum Gasteiger partial charge on any atom is 0.194 e. The number of halogens is 1. The summed E-state index contributed by atoms with van der Waals surface area (Å²) in [7, 11) is 7.30. The predicted octanol–water partition coefficient (Wildman–Crippen LogP) is 1.65. The first-order valence-electron chi connectivity index (χ1n) is 7.01. The van der Waals surface area contributed by atoms with Crippen LogP contribution in [0.2, 0.25) is 0 Å².